The minimum Gasteiger partial charge on any atom is -0.423 e. The van der Waals surface area contributed by atoms with Crippen molar-refractivity contribution in [3.8, 4) is 0 Å². The van der Waals surface area contributed by atoms with Crippen molar-refractivity contribution in [2.24, 2.45) is 0 Å². The predicted molar refractivity (Wildman–Crippen MR) is 63.4 cm³/mol. The van der Waals surface area contributed by atoms with Crippen LogP contribution < -0.4 is 5.63 Å². The highest BCUT2D eigenvalue weighted by molar-refractivity contribution is 5.77. The molecule has 1 aromatic heterocycles. The van der Waals surface area contributed by atoms with Crippen LogP contribution >= 0.6 is 0 Å². The normalized spacial score (nSPS) is 9.75. The molecule has 2 aromatic rings. The molecule has 0 spiro atoms. The maximum absolute atomic E-state index is 12.3. The van der Waals surface area contributed by atoms with E-state index in [0.29, 0.717) is 16.7 Å². The summed E-state index contributed by atoms with van der Waals surface area (Å²) in [7, 11) is 0. The molecule has 2 nitrogen and oxygen atoms in total. The quantitative estimate of drug-likeness (QED) is 0.690. The Labute approximate surface area is 93.7 Å². The van der Waals surface area contributed by atoms with E-state index in [0.717, 1.165) is 5.39 Å². The number of halogens is 1. The lowest BCUT2D eigenvalue weighted by atomic mass is 10.1. The van der Waals surface area contributed by atoms with Gasteiger partial charge in [-0.2, -0.15) is 0 Å². The van der Waals surface area contributed by atoms with Gasteiger partial charge in [-0.15, -0.1) is 0 Å². The van der Waals surface area contributed by atoms with E-state index in [1.54, 1.807) is 31.2 Å². The van der Waals surface area contributed by atoms with E-state index in [9.17, 15) is 9.18 Å². The summed E-state index contributed by atoms with van der Waals surface area (Å²) >= 11 is 0. The third-order valence-corrected chi connectivity index (χ3v) is 2.13. The average molecular weight is 222 g/mol. The first-order valence-electron chi connectivity index (χ1n) is 5.30. The maximum atomic E-state index is 12.3. The van der Waals surface area contributed by atoms with Gasteiger partial charge in [0.25, 0.3) is 0 Å². The van der Waals surface area contributed by atoms with E-state index in [1.807, 2.05) is 13.8 Å². The first-order chi connectivity index (χ1) is 7.70. The Morgan fingerprint density at radius 2 is 1.94 bits per heavy atom. The molecule has 3 heteroatoms. The monoisotopic (exact) mass is 222 g/mol. The van der Waals surface area contributed by atoms with E-state index >= 15 is 0 Å². The van der Waals surface area contributed by atoms with E-state index < -0.39 is 6.67 Å². The second-order valence-electron chi connectivity index (χ2n) is 3.22. The van der Waals surface area contributed by atoms with Gasteiger partial charge in [-0.05, 0) is 24.6 Å². The summed E-state index contributed by atoms with van der Waals surface area (Å²) in [4.78, 5) is 11.2. The lowest BCUT2D eigenvalue weighted by molar-refractivity contribution is 0.484. The zero-order valence-corrected chi connectivity index (χ0v) is 9.71. The molecule has 0 N–H and O–H groups in total. The van der Waals surface area contributed by atoms with Crippen LogP contribution in [0.5, 0.6) is 0 Å². The Morgan fingerprint density at radius 3 is 2.56 bits per heavy atom. The second-order valence-corrected chi connectivity index (χ2v) is 3.22. The third kappa shape index (κ3) is 2.48. The number of aryl methyl sites for hydroxylation is 1. The van der Waals surface area contributed by atoms with Crippen LogP contribution in [0, 0.1) is 6.92 Å². The fourth-order valence-electron chi connectivity index (χ4n) is 1.34. The van der Waals surface area contributed by atoms with E-state index in [4.69, 9.17) is 4.42 Å². The Morgan fingerprint density at radius 1 is 1.25 bits per heavy atom. The van der Waals surface area contributed by atoms with Gasteiger partial charge < -0.3 is 4.42 Å². The molecule has 1 aromatic carbocycles. The molecule has 0 saturated carbocycles. The summed E-state index contributed by atoms with van der Waals surface area (Å²) in [5, 5.41) is 0.819. The summed E-state index contributed by atoms with van der Waals surface area (Å²) in [6, 6.07) is 6.72. The number of hydrogen-bond donors (Lipinski definition) is 0. The zero-order chi connectivity index (χ0) is 12.1. The fourth-order valence-corrected chi connectivity index (χ4v) is 1.34. The molecule has 0 atom stereocenters. The molecule has 2 rings (SSSR count). The van der Waals surface area contributed by atoms with E-state index in [1.165, 1.54) is 0 Å². The van der Waals surface area contributed by atoms with Crippen LogP contribution in [0.15, 0.2) is 33.5 Å². The highest BCUT2D eigenvalue weighted by Crippen LogP contribution is 2.15. The Balaban J connectivity index is 0.000000606. The molecule has 0 aliphatic carbocycles. The van der Waals surface area contributed by atoms with Gasteiger partial charge >= 0.3 is 5.63 Å². The minimum atomic E-state index is -0.548. The van der Waals surface area contributed by atoms with Crippen molar-refractivity contribution in [1.29, 1.82) is 0 Å². The first kappa shape index (κ1) is 12.4. The molecule has 86 valence electrons. The maximum Gasteiger partial charge on any atom is 0.339 e. The van der Waals surface area contributed by atoms with Gasteiger partial charge in [0, 0.05) is 10.9 Å². The number of hydrogen-bond acceptors (Lipinski definition) is 2. The number of fused-ring (bicyclic) bond motifs is 1. The van der Waals surface area contributed by atoms with Gasteiger partial charge in [-0.3, -0.25) is 0 Å². The minimum absolute atomic E-state index is 0.367. The van der Waals surface area contributed by atoms with Crippen LogP contribution in [0.1, 0.15) is 25.0 Å². The van der Waals surface area contributed by atoms with Crippen LogP contribution in [0.25, 0.3) is 11.0 Å². The lowest BCUT2D eigenvalue weighted by Gasteiger charge is -1.99. The molecule has 0 amide bonds. The average Bonchev–Trinajstić information content (AvgIpc) is 2.33. The Hall–Kier alpha value is -1.64. The van der Waals surface area contributed by atoms with Crippen molar-refractivity contribution < 1.29 is 8.81 Å². The largest absolute Gasteiger partial charge is 0.423 e. The lowest BCUT2D eigenvalue weighted by Crippen LogP contribution is -2.01. The van der Waals surface area contributed by atoms with Crippen LogP contribution in [0.2, 0.25) is 0 Å². The van der Waals surface area contributed by atoms with Crippen molar-refractivity contribution >= 4 is 11.0 Å². The second kappa shape index (κ2) is 5.45. The predicted octanol–water partition coefficient (Wildman–Crippen LogP) is 3.60. The van der Waals surface area contributed by atoms with Crippen LogP contribution in [-0.4, -0.2) is 0 Å². The van der Waals surface area contributed by atoms with E-state index in [2.05, 4.69) is 0 Å². The van der Waals surface area contributed by atoms with Crippen LogP contribution in [-0.2, 0) is 6.67 Å². The molecule has 0 aliphatic rings. The van der Waals surface area contributed by atoms with Gasteiger partial charge in [0.2, 0.25) is 0 Å². The van der Waals surface area contributed by atoms with Crippen molar-refractivity contribution in [1.82, 2.24) is 0 Å². The standard InChI is InChI=1S/C11H9FO2.C2H6/c1-7-4-9-3-2-8(6-12)5-10(9)14-11(7)13;1-2/h2-5H,6H2,1H3;1-2H3. The molecule has 0 unspecified atom stereocenters. The summed E-state index contributed by atoms with van der Waals surface area (Å²) in [6.07, 6.45) is 0. The number of rotatable bonds is 1. The summed E-state index contributed by atoms with van der Waals surface area (Å²) in [5.41, 5.74) is 1.15. The van der Waals surface area contributed by atoms with Gasteiger partial charge in [-0.1, -0.05) is 26.0 Å². The molecule has 0 saturated heterocycles. The number of alkyl halides is 1. The van der Waals surface area contributed by atoms with Gasteiger partial charge in [0.05, 0.1) is 0 Å². The van der Waals surface area contributed by atoms with E-state index in [-0.39, 0.29) is 5.63 Å². The number of benzene rings is 1. The first-order valence-corrected chi connectivity index (χ1v) is 5.30. The summed E-state index contributed by atoms with van der Waals surface area (Å²) in [6.45, 7) is 5.14. The molecular weight excluding hydrogens is 207 g/mol. The topological polar surface area (TPSA) is 30.2 Å². The Bertz CT molecular complexity index is 529. The zero-order valence-electron chi connectivity index (χ0n) is 9.71. The Kier molecular flexibility index (Phi) is 4.23. The summed E-state index contributed by atoms with van der Waals surface area (Å²) in [5.74, 6) is 0. The van der Waals surface area contributed by atoms with Crippen molar-refractivity contribution in [2.75, 3.05) is 0 Å². The molecule has 1 heterocycles. The summed E-state index contributed by atoms with van der Waals surface area (Å²) < 4.78 is 17.3. The van der Waals surface area contributed by atoms with Gasteiger partial charge in [0.15, 0.2) is 0 Å². The fraction of sp³-hybridized carbons (Fsp3) is 0.308. The van der Waals surface area contributed by atoms with Crippen molar-refractivity contribution in [3.63, 3.8) is 0 Å². The highest BCUT2D eigenvalue weighted by atomic mass is 19.1. The SMILES string of the molecule is CC.Cc1cc2ccc(CF)cc2oc1=O. The highest BCUT2D eigenvalue weighted by Gasteiger charge is 2.01. The molecule has 0 radical (unpaired) electrons. The molecule has 0 aliphatic heterocycles. The molecule has 0 fully saturated rings. The van der Waals surface area contributed by atoms with Gasteiger partial charge in [0.1, 0.15) is 12.3 Å². The molecular formula is C13H15FO2. The third-order valence-electron chi connectivity index (χ3n) is 2.13. The van der Waals surface area contributed by atoms with Crippen molar-refractivity contribution in [3.05, 3.63) is 45.8 Å². The van der Waals surface area contributed by atoms with Crippen molar-refractivity contribution in [2.45, 2.75) is 27.4 Å². The molecule has 0 bridgehead atoms. The van der Waals surface area contributed by atoms with Crippen LogP contribution in [0.3, 0.4) is 0 Å². The van der Waals surface area contributed by atoms with Crippen LogP contribution in [0.4, 0.5) is 4.39 Å². The smallest absolute Gasteiger partial charge is 0.339 e. The molecule has 16 heavy (non-hydrogen) atoms. The van der Waals surface area contributed by atoms with Gasteiger partial charge in [-0.25, -0.2) is 9.18 Å².